The average Bonchev–Trinajstić information content (AvgIpc) is 3.03. The van der Waals surface area contributed by atoms with Crippen LogP contribution < -0.4 is 15.3 Å². The molecule has 2 aliphatic rings. The maximum atomic E-state index is 7.58. The third-order valence-corrected chi connectivity index (χ3v) is 14.4. The van der Waals surface area contributed by atoms with Gasteiger partial charge in [-0.15, -0.1) is 0 Å². The van der Waals surface area contributed by atoms with E-state index in [9.17, 15) is 0 Å². The van der Waals surface area contributed by atoms with E-state index in [-0.39, 0.29) is 29.0 Å². The highest BCUT2D eigenvalue weighted by atomic mass is 31.1. The molecule has 0 saturated heterocycles. The first-order valence-corrected chi connectivity index (χ1v) is 18.1. The molecular formula is C35H47B2NO2P2. The molecule has 3 aromatic carbocycles. The second kappa shape index (κ2) is 17.6. The van der Waals surface area contributed by atoms with E-state index >= 15 is 0 Å². The Bertz CT molecular complexity index is 1140. The van der Waals surface area contributed by atoms with Crippen molar-refractivity contribution in [1.82, 2.24) is 4.67 Å². The van der Waals surface area contributed by atoms with Crippen LogP contribution in [0.2, 0.25) is 0 Å². The molecule has 3 aromatic rings. The summed E-state index contributed by atoms with van der Waals surface area (Å²) < 4.78 is 16.1. The van der Waals surface area contributed by atoms with Crippen LogP contribution in [0.4, 0.5) is 0 Å². The van der Waals surface area contributed by atoms with Crippen LogP contribution in [0.3, 0.4) is 0 Å². The molecule has 220 valence electrons. The molecule has 0 N–H and O–H groups in total. The van der Waals surface area contributed by atoms with Crippen LogP contribution in [0.5, 0.6) is 5.75 Å². The lowest BCUT2D eigenvalue weighted by molar-refractivity contribution is 0.144. The monoisotopic (exact) mass is 597 g/mol. The molecule has 0 aliphatic heterocycles. The van der Waals surface area contributed by atoms with E-state index < -0.39 is 16.2 Å². The predicted octanol–water partition coefficient (Wildman–Crippen LogP) is 8.42. The van der Waals surface area contributed by atoms with Crippen LogP contribution in [-0.2, 0) is 4.52 Å². The summed E-state index contributed by atoms with van der Waals surface area (Å²) in [5.74, 6) is 0.959. The van der Waals surface area contributed by atoms with Crippen molar-refractivity contribution in [2.45, 2.75) is 94.6 Å². The molecule has 2 aliphatic carbocycles. The van der Waals surface area contributed by atoms with E-state index in [1.165, 1.54) is 80.4 Å². The van der Waals surface area contributed by atoms with E-state index in [1.54, 1.807) is 7.11 Å². The van der Waals surface area contributed by atoms with Gasteiger partial charge in [-0.25, -0.2) is 0 Å². The summed E-state index contributed by atoms with van der Waals surface area (Å²) in [6.45, 7) is 2.39. The fraction of sp³-hybridized carbons (Fsp3) is 0.486. The van der Waals surface area contributed by atoms with Gasteiger partial charge in [0.15, 0.2) is 0 Å². The molecule has 42 heavy (non-hydrogen) atoms. The predicted molar refractivity (Wildman–Crippen MR) is 185 cm³/mol. The molecule has 0 heterocycles. The Morgan fingerprint density at radius 1 is 0.690 bits per heavy atom. The number of benzene rings is 3. The van der Waals surface area contributed by atoms with E-state index in [2.05, 4.69) is 104 Å². The molecule has 0 aromatic heterocycles. The van der Waals surface area contributed by atoms with Crippen LogP contribution >= 0.6 is 16.2 Å². The Labute approximate surface area is 262 Å². The minimum Gasteiger partial charge on any atom is -0.496 e. The number of methoxy groups -OCH3 is 1. The summed E-state index contributed by atoms with van der Waals surface area (Å²) in [5, 5.41) is 2.60. The Hall–Kier alpha value is -1.63. The summed E-state index contributed by atoms with van der Waals surface area (Å²) in [7, 11) is 2.78. The van der Waals surface area contributed by atoms with Crippen molar-refractivity contribution in [3.8, 4) is 5.75 Å². The molecule has 5 rings (SSSR count). The third kappa shape index (κ3) is 8.51. The summed E-state index contributed by atoms with van der Waals surface area (Å²) in [6.07, 6.45) is 13.7. The van der Waals surface area contributed by atoms with Gasteiger partial charge in [-0.2, -0.15) is 0 Å². The van der Waals surface area contributed by atoms with E-state index in [0.717, 1.165) is 17.1 Å². The first kappa shape index (κ1) is 34.9. The fourth-order valence-corrected chi connectivity index (χ4v) is 12.4. The highest BCUT2D eigenvalue weighted by molar-refractivity contribution is 7.71. The lowest BCUT2D eigenvalue weighted by Crippen LogP contribution is -2.37. The fourth-order valence-electron chi connectivity index (χ4n) is 6.59. The van der Waals surface area contributed by atoms with E-state index in [0.29, 0.717) is 0 Å². The molecule has 3 atom stereocenters. The molecule has 0 amide bonds. The molecule has 6 radical (unpaired) electrons. The van der Waals surface area contributed by atoms with Gasteiger partial charge in [-0.3, -0.25) is 4.67 Å². The molecule has 2 saturated carbocycles. The van der Waals surface area contributed by atoms with Gasteiger partial charge in [0.05, 0.1) is 7.11 Å². The van der Waals surface area contributed by atoms with Crippen molar-refractivity contribution in [1.29, 1.82) is 0 Å². The molecule has 0 unspecified atom stereocenters. The zero-order valence-corrected chi connectivity index (χ0v) is 27.6. The second-order valence-electron chi connectivity index (χ2n) is 11.5. The third-order valence-electron chi connectivity index (χ3n) is 8.89. The standard InChI is InChI=1S/C35H47NO2P2.2B/c1-28(36(2)39(30-20-10-5-11-21-30)34-27-17-16-26-33(34)37-3)35(29-18-8-4-9-19-29)38-40(31-22-12-6-13-23-31)32-24-14-7-15-25-32;;/h4-5,8-11,16-21,26-28,31-32,35H,6-7,12-15,22-25H2,1-3H3;;/t28-,35-,39-;;/m1../s1. The van der Waals surface area contributed by atoms with Gasteiger partial charge in [0.25, 0.3) is 0 Å². The first-order valence-electron chi connectivity index (χ1n) is 15.4. The number of para-hydroxylation sites is 1. The van der Waals surface area contributed by atoms with Crippen LogP contribution in [0.15, 0.2) is 84.9 Å². The lowest BCUT2D eigenvalue weighted by Gasteiger charge is -2.43. The maximum absolute atomic E-state index is 7.58. The van der Waals surface area contributed by atoms with Crippen molar-refractivity contribution < 1.29 is 9.26 Å². The Kier molecular flexibility index (Phi) is 14.6. The number of nitrogens with zero attached hydrogens (tertiary/aromatic N) is 1. The quantitative estimate of drug-likeness (QED) is 0.164. The van der Waals surface area contributed by atoms with Crippen molar-refractivity contribution >= 4 is 43.7 Å². The Morgan fingerprint density at radius 2 is 1.19 bits per heavy atom. The summed E-state index contributed by atoms with van der Waals surface area (Å²) >= 11 is 0. The number of hydrogen-bond donors (Lipinski definition) is 0. The number of ether oxygens (including phenoxy) is 1. The molecule has 2 fully saturated rings. The van der Waals surface area contributed by atoms with Crippen LogP contribution in [-0.4, -0.2) is 53.0 Å². The minimum atomic E-state index is -0.819. The molecule has 0 spiro atoms. The number of hydrogen-bond acceptors (Lipinski definition) is 3. The largest absolute Gasteiger partial charge is 0.496 e. The summed E-state index contributed by atoms with van der Waals surface area (Å²) in [5.41, 5.74) is 2.81. The van der Waals surface area contributed by atoms with Crippen molar-refractivity contribution in [3.05, 3.63) is 90.5 Å². The van der Waals surface area contributed by atoms with Gasteiger partial charge in [0.1, 0.15) is 11.9 Å². The van der Waals surface area contributed by atoms with Crippen LogP contribution in [0.1, 0.15) is 82.8 Å². The maximum Gasteiger partial charge on any atom is 0.128 e. The Balaban J connectivity index is 0.00000242. The highest BCUT2D eigenvalue weighted by Gasteiger charge is 2.38. The smallest absolute Gasteiger partial charge is 0.128 e. The van der Waals surface area contributed by atoms with Gasteiger partial charge in [0, 0.05) is 55.7 Å². The van der Waals surface area contributed by atoms with Crippen molar-refractivity contribution in [2.75, 3.05) is 14.2 Å². The van der Waals surface area contributed by atoms with Crippen LogP contribution in [0, 0.1) is 0 Å². The van der Waals surface area contributed by atoms with Crippen molar-refractivity contribution in [2.24, 2.45) is 0 Å². The molecule has 3 nitrogen and oxygen atoms in total. The summed E-state index contributed by atoms with van der Waals surface area (Å²) in [6, 6.07) is 30.8. The average molecular weight is 597 g/mol. The molecule has 7 heteroatoms. The van der Waals surface area contributed by atoms with Crippen LogP contribution in [0.25, 0.3) is 0 Å². The SMILES string of the molecule is COc1ccccc1[P@@](c1ccccc1)N(C)[C@H](C)[C@@H](OP(C1CCCCC1)C1CCCCC1)c1ccccc1.[B].[B]. The molecule has 0 bridgehead atoms. The zero-order chi connectivity index (χ0) is 27.7. The second-order valence-corrected chi connectivity index (χ2v) is 16.2. The number of likely N-dealkylation sites (N-methyl/N-ethyl adjacent to an activating group) is 1. The Morgan fingerprint density at radius 3 is 1.74 bits per heavy atom. The van der Waals surface area contributed by atoms with Crippen molar-refractivity contribution in [3.63, 3.8) is 0 Å². The highest BCUT2D eigenvalue weighted by Crippen LogP contribution is 2.60. The first-order chi connectivity index (χ1) is 19.7. The molecular weight excluding hydrogens is 550 g/mol. The minimum absolute atomic E-state index is 0. The lowest BCUT2D eigenvalue weighted by atomic mass is 10.00. The van der Waals surface area contributed by atoms with E-state index in [1.807, 2.05) is 0 Å². The topological polar surface area (TPSA) is 21.7 Å². The summed E-state index contributed by atoms with van der Waals surface area (Å²) in [4.78, 5) is 0. The van der Waals surface area contributed by atoms with Gasteiger partial charge in [-0.1, -0.05) is 111 Å². The number of rotatable bonds is 11. The zero-order valence-electron chi connectivity index (χ0n) is 25.8. The van der Waals surface area contributed by atoms with E-state index in [4.69, 9.17) is 9.26 Å². The van der Waals surface area contributed by atoms with Gasteiger partial charge >= 0.3 is 0 Å². The van der Waals surface area contributed by atoms with Gasteiger partial charge < -0.3 is 9.26 Å². The van der Waals surface area contributed by atoms with Gasteiger partial charge in [-0.05, 0) is 62.7 Å². The normalized spacial score (nSPS) is 18.5. The van der Waals surface area contributed by atoms with Gasteiger partial charge in [0.2, 0.25) is 0 Å².